The molecule has 0 radical (unpaired) electrons. The fourth-order valence-corrected chi connectivity index (χ4v) is 4.17. The van der Waals surface area contributed by atoms with Crippen molar-refractivity contribution in [2.24, 2.45) is 0 Å². The summed E-state index contributed by atoms with van der Waals surface area (Å²) >= 11 is 0. The molecule has 0 saturated carbocycles. The Hall–Kier alpha value is -1.93. The van der Waals surface area contributed by atoms with Gasteiger partial charge in [-0.15, -0.1) is 0 Å². The van der Waals surface area contributed by atoms with E-state index in [4.69, 9.17) is 0 Å². The van der Waals surface area contributed by atoms with Crippen LogP contribution >= 0.6 is 0 Å². The highest BCUT2D eigenvalue weighted by atomic mass is 32.2. The van der Waals surface area contributed by atoms with Gasteiger partial charge in [0.25, 0.3) is 5.91 Å². The van der Waals surface area contributed by atoms with E-state index >= 15 is 0 Å². The maximum atomic E-state index is 12.5. The number of rotatable bonds is 6. The van der Waals surface area contributed by atoms with E-state index in [1.54, 1.807) is 13.8 Å². The number of carbonyl (C=O) groups is 2. The van der Waals surface area contributed by atoms with Crippen LogP contribution in [0.2, 0.25) is 0 Å². The van der Waals surface area contributed by atoms with Crippen molar-refractivity contribution >= 4 is 21.8 Å². The van der Waals surface area contributed by atoms with Gasteiger partial charge in [-0.25, -0.2) is 8.42 Å². The number of nitrogens with one attached hydrogen (secondary N) is 2. The third kappa shape index (κ3) is 3.93. The molecule has 0 bridgehead atoms. The molecule has 0 aromatic heterocycles. The van der Waals surface area contributed by atoms with E-state index in [9.17, 15) is 18.0 Å². The maximum Gasteiger partial charge on any atom is 0.251 e. The molecule has 1 heterocycles. The van der Waals surface area contributed by atoms with E-state index < -0.39 is 22.0 Å². The molecular weight excluding hydrogens is 330 g/mol. The van der Waals surface area contributed by atoms with Gasteiger partial charge in [-0.2, -0.15) is 4.31 Å². The Morgan fingerprint density at radius 3 is 2.67 bits per heavy atom. The summed E-state index contributed by atoms with van der Waals surface area (Å²) < 4.78 is 26.4. The Balaban J connectivity index is 2.20. The van der Waals surface area contributed by atoms with E-state index in [0.717, 1.165) is 6.42 Å². The first-order valence-electron chi connectivity index (χ1n) is 8.09. The van der Waals surface area contributed by atoms with Gasteiger partial charge in [-0.1, -0.05) is 19.9 Å². The van der Waals surface area contributed by atoms with Crippen molar-refractivity contribution in [3.8, 4) is 0 Å². The van der Waals surface area contributed by atoms with Gasteiger partial charge in [0.15, 0.2) is 0 Å². The fourth-order valence-electron chi connectivity index (χ4n) is 2.66. The second-order valence-corrected chi connectivity index (χ2v) is 7.51. The van der Waals surface area contributed by atoms with E-state index in [2.05, 4.69) is 10.6 Å². The van der Waals surface area contributed by atoms with Crippen molar-refractivity contribution in [1.29, 1.82) is 0 Å². The zero-order chi connectivity index (χ0) is 17.7. The van der Waals surface area contributed by atoms with Crippen molar-refractivity contribution in [2.45, 2.75) is 37.6 Å². The molecule has 2 rings (SSSR count). The molecule has 7 nitrogen and oxygen atoms in total. The van der Waals surface area contributed by atoms with Crippen LogP contribution in [0, 0.1) is 0 Å². The van der Waals surface area contributed by atoms with Crippen molar-refractivity contribution in [2.75, 3.05) is 19.6 Å². The maximum absolute atomic E-state index is 12.5. The first kappa shape index (κ1) is 18.4. The number of benzene rings is 1. The van der Waals surface area contributed by atoms with Crippen LogP contribution in [0.5, 0.6) is 0 Å². The molecule has 1 saturated heterocycles. The molecule has 0 spiro atoms. The highest BCUT2D eigenvalue weighted by Gasteiger charge is 2.26. The molecule has 2 amide bonds. The summed E-state index contributed by atoms with van der Waals surface area (Å²) in [5.41, 5.74) is 0.224. The zero-order valence-corrected chi connectivity index (χ0v) is 14.7. The molecule has 1 aliphatic rings. The number of hydrogen-bond acceptors (Lipinski definition) is 4. The Kier molecular flexibility index (Phi) is 5.95. The first-order valence-corrected chi connectivity index (χ1v) is 9.53. The summed E-state index contributed by atoms with van der Waals surface area (Å²) in [6.45, 7) is 4.86. The molecule has 1 atom stereocenters. The number of carbonyl (C=O) groups excluding carboxylic acids is 2. The Morgan fingerprint density at radius 2 is 2.04 bits per heavy atom. The average Bonchev–Trinajstić information content (AvgIpc) is 2.58. The molecular formula is C16H23N3O4S. The van der Waals surface area contributed by atoms with Crippen LogP contribution in [0.15, 0.2) is 29.2 Å². The summed E-state index contributed by atoms with van der Waals surface area (Å²) in [5, 5.41) is 5.36. The summed E-state index contributed by atoms with van der Waals surface area (Å²) in [6, 6.07) is 5.32. The van der Waals surface area contributed by atoms with Crippen molar-refractivity contribution in [3.05, 3.63) is 29.8 Å². The van der Waals surface area contributed by atoms with Crippen LogP contribution in [-0.4, -0.2) is 50.2 Å². The standard InChI is InChI=1S/C16H23N3O4S/c1-3-19(4-2)24(22,23)13-8-5-7-12(11-13)15(20)18-14-9-6-10-17-16(14)21/h5,7-8,11,14H,3-4,6,9-10H2,1-2H3,(H,17,21)(H,18,20)/t14-/m1/s1. The largest absolute Gasteiger partial charge is 0.354 e. The van der Waals surface area contributed by atoms with Crippen LogP contribution < -0.4 is 10.6 Å². The normalized spacial score (nSPS) is 18.3. The van der Waals surface area contributed by atoms with Crippen molar-refractivity contribution in [1.82, 2.24) is 14.9 Å². The molecule has 0 aliphatic carbocycles. The van der Waals surface area contributed by atoms with Gasteiger partial charge in [0.05, 0.1) is 4.90 Å². The lowest BCUT2D eigenvalue weighted by atomic mass is 10.1. The monoisotopic (exact) mass is 353 g/mol. The summed E-state index contributed by atoms with van der Waals surface area (Å²) in [4.78, 5) is 24.1. The van der Waals surface area contributed by atoms with Gasteiger partial charge in [0.2, 0.25) is 15.9 Å². The van der Waals surface area contributed by atoms with Crippen LogP contribution in [0.25, 0.3) is 0 Å². The summed E-state index contributed by atoms with van der Waals surface area (Å²) in [5.74, 6) is -0.657. The second kappa shape index (κ2) is 7.76. The number of sulfonamides is 1. The third-order valence-electron chi connectivity index (χ3n) is 4.03. The molecule has 132 valence electrons. The quantitative estimate of drug-likeness (QED) is 0.788. The molecule has 2 N–H and O–H groups in total. The molecule has 1 aliphatic heterocycles. The molecule has 1 aromatic rings. The minimum atomic E-state index is -3.63. The molecule has 1 aromatic carbocycles. The van der Waals surface area contributed by atoms with Crippen molar-refractivity contribution < 1.29 is 18.0 Å². The van der Waals surface area contributed by atoms with Gasteiger partial charge in [-0.05, 0) is 31.0 Å². The second-order valence-electron chi connectivity index (χ2n) is 5.58. The molecule has 8 heteroatoms. The van der Waals surface area contributed by atoms with Crippen LogP contribution in [0.4, 0.5) is 0 Å². The molecule has 1 fully saturated rings. The molecule has 0 unspecified atom stereocenters. The Labute approximate surface area is 142 Å². The fraction of sp³-hybridized carbons (Fsp3) is 0.500. The Bertz CT molecular complexity index is 714. The van der Waals surface area contributed by atoms with E-state index in [0.29, 0.717) is 26.1 Å². The lowest BCUT2D eigenvalue weighted by molar-refractivity contribution is -0.124. The lowest BCUT2D eigenvalue weighted by Crippen LogP contribution is -2.50. The lowest BCUT2D eigenvalue weighted by Gasteiger charge is -2.23. The zero-order valence-electron chi connectivity index (χ0n) is 13.9. The SMILES string of the molecule is CCN(CC)S(=O)(=O)c1cccc(C(=O)N[C@@H]2CCCNC2=O)c1. The van der Waals surface area contributed by atoms with E-state index in [1.165, 1.54) is 28.6 Å². The topological polar surface area (TPSA) is 95.6 Å². The summed E-state index contributed by atoms with van der Waals surface area (Å²) in [6.07, 6.45) is 1.38. The number of hydrogen-bond donors (Lipinski definition) is 2. The van der Waals surface area contributed by atoms with Gasteiger partial charge in [-0.3, -0.25) is 9.59 Å². The highest BCUT2D eigenvalue weighted by molar-refractivity contribution is 7.89. The van der Waals surface area contributed by atoms with Crippen LogP contribution in [0.3, 0.4) is 0 Å². The Morgan fingerprint density at radius 1 is 1.33 bits per heavy atom. The smallest absolute Gasteiger partial charge is 0.251 e. The predicted molar refractivity (Wildman–Crippen MR) is 90.0 cm³/mol. The average molecular weight is 353 g/mol. The summed E-state index contributed by atoms with van der Waals surface area (Å²) in [7, 11) is -3.63. The predicted octanol–water partition coefficient (Wildman–Crippen LogP) is 0.725. The minimum Gasteiger partial charge on any atom is -0.354 e. The number of piperidine rings is 1. The van der Waals surface area contributed by atoms with Gasteiger partial charge in [0.1, 0.15) is 6.04 Å². The first-order chi connectivity index (χ1) is 11.4. The third-order valence-corrected chi connectivity index (χ3v) is 6.08. The van der Waals surface area contributed by atoms with Crippen LogP contribution in [0.1, 0.15) is 37.0 Å². The van der Waals surface area contributed by atoms with Crippen LogP contribution in [-0.2, 0) is 14.8 Å². The van der Waals surface area contributed by atoms with Gasteiger partial charge >= 0.3 is 0 Å². The molecule has 24 heavy (non-hydrogen) atoms. The van der Waals surface area contributed by atoms with E-state index in [1.807, 2.05) is 0 Å². The number of nitrogens with zero attached hydrogens (tertiary/aromatic N) is 1. The van der Waals surface area contributed by atoms with Gasteiger partial charge < -0.3 is 10.6 Å². The highest BCUT2D eigenvalue weighted by Crippen LogP contribution is 2.17. The number of amides is 2. The van der Waals surface area contributed by atoms with Gasteiger partial charge in [0, 0.05) is 25.2 Å². The van der Waals surface area contributed by atoms with Crippen molar-refractivity contribution in [3.63, 3.8) is 0 Å². The van der Waals surface area contributed by atoms with E-state index in [-0.39, 0.29) is 16.4 Å². The minimum absolute atomic E-state index is 0.0759.